The number of hydrogen-bond donors (Lipinski definition) is 1. The van der Waals surface area contributed by atoms with Crippen LogP contribution in [0.15, 0.2) is 18.2 Å². The minimum Gasteiger partial charge on any atom is -0.478 e. The van der Waals surface area contributed by atoms with E-state index >= 15 is 0 Å². The number of carboxylic acid groups (broad SMARTS) is 1. The fourth-order valence-corrected chi connectivity index (χ4v) is 4.95. The Labute approximate surface area is 135 Å². The van der Waals surface area contributed by atoms with E-state index in [0.29, 0.717) is 25.3 Å². The molecule has 3 rings (SSSR count). The summed E-state index contributed by atoms with van der Waals surface area (Å²) in [5.74, 6) is -0.809. The molecule has 0 aliphatic carbocycles. The van der Waals surface area contributed by atoms with Gasteiger partial charge in [-0.3, -0.25) is 0 Å². The van der Waals surface area contributed by atoms with Crippen LogP contribution < -0.4 is 0 Å². The first kappa shape index (κ1) is 16.4. The second-order valence-corrected chi connectivity index (χ2v) is 7.92. The van der Waals surface area contributed by atoms with Gasteiger partial charge in [0, 0.05) is 33.3 Å². The Kier molecular flexibility index (Phi) is 4.41. The highest BCUT2D eigenvalue weighted by atomic mass is 32.2. The monoisotopic (exact) mass is 340 g/mol. The summed E-state index contributed by atoms with van der Waals surface area (Å²) < 4.78 is 33.5. The second kappa shape index (κ2) is 6.20. The Bertz CT molecular complexity index is 719. The third-order valence-electron chi connectivity index (χ3n) is 4.49. The predicted molar refractivity (Wildman–Crippen MR) is 83.1 cm³/mol. The average Bonchev–Trinajstić information content (AvgIpc) is 3.13. The van der Waals surface area contributed by atoms with Crippen LogP contribution in [0.25, 0.3) is 0 Å². The lowest BCUT2D eigenvalue weighted by Crippen LogP contribution is -2.40. The van der Waals surface area contributed by atoms with Crippen LogP contribution in [-0.2, 0) is 28.0 Å². The molecule has 0 saturated carbocycles. The molecule has 126 valence electrons. The fourth-order valence-electron chi connectivity index (χ4n) is 3.30. The van der Waals surface area contributed by atoms with E-state index in [2.05, 4.69) is 0 Å². The quantitative estimate of drug-likeness (QED) is 0.861. The first-order chi connectivity index (χ1) is 10.9. The molecule has 1 aromatic rings. The lowest BCUT2D eigenvalue weighted by atomic mass is 10.0. The highest BCUT2D eigenvalue weighted by Gasteiger charge is 2.39. The van der Waals surface area contributed by atoms with Crippen molar-refractivity contribution < 1.29 is 23.1 Å². The molecular formula is C15H20N2O5S. The topological polar surface area (TPSA) is 87.2 Å². The van der Waals surface area contributed by atoms with Crippen molar-refractivity contribution in [3.8, 4) is 0 Å². The summed E-state index contributed by atoms with van der Waals surface area (Å²) in [5, 5.41) is 9.25. The van der Waals surface area contributed by atoms with E-state index in [4.69, 9.17) is 4.74 Å². The van der Waals surface area contributed by atoms with Gasteiger partial charge < -0.3 is 9.84 Å². The summed E-state index contributed by atoms with van der Waals surface area (Å²) in [7, 11) is -1.97. The molecule has 1 fully saturated rings. The number of aromatic carboxylic acids is 1. The van der Waals surface area contributed by atoms with Crippen molar-refractivity contribution in [2.24, 2.45) is 5.92 Å². The largest absolute Gasteiger partial charge is 0.478 e. The average molecular weight is 340 g/mol. The summed E-state index contributed by atoms with van der Waals surface area (Å²) in [5.41, 5.74) is 1.54. The summed E-state index contributed by atoms with van der Waals surface area (Å²) >= 11 is 0. The molecule has 7 nitrogen and oxygen atoms in total. The number of carbonyl (C=O) groups is 1. The molecule has 1 unspecified atom stereocenters. The van der Waals surface area contributed by atoms with Gasteiger partial charge in [-0.05, 0) is 29.5 Å². The molecule has 1 atom stereocenters. The van der Waals surface area contributed by atoms with Crippen LogP contribution in [0.5, 0.6) is 0 Å². The van der Waals surface area contributed by atoms with E-state index in [1.807, 2.05) is 0 Å². The van der Waals surface area contributed by atoms with E-state index in [0.717, 1.165) is 12.0 Å². The van der Waals surface area contributed by atoms with Gasteiger partial charge in [0.25, 0.3) is 10.2 Å². The zero-order chi connectivity index (χ0) is 16.6. The lowest BCUT2D eigenvalue weighted by molar-refractivity contribution is 0.0695. The Balaban J connectivity index is 1.79. The van der Waals surface area contributed by atoms with Crippen molar-refractivity contribution >= 4 is 16.2 Å². The van der Waals surface area contributed by atoms with Crippen LogP contribution in [0.2, 0.25) is 0 Å². The Morgan fingerprint density at radius 1 is 1.35 bits per heavy atom. The van der Waals surface area contributed by atoms with Crippen LogP contribution in [0, 0.1) is 5.92 Å². The maximum absolute atomic E-state index is 12.8. The first-order valence-corrected chi connectivity index (χ1v) is 8.91. The molecule has 1 saturated heterocycles. The van der Waals surface area contributed by atoms with Gasteiger partial charge >= 0.3 is 5.97 Å². The fraction of sp³-hybridized carbons (Fsp3) is 0.533. The summed E-state index contributed by atoms with van der Waals surface area (Å²) in [6.45, 7) is 1.83. The van der Waals surface area contributed by atoms with Gasteiger partial charge in [0.15, 0.2) is 0 Å². The molecule has 0 radical (unpaired) electrons. The molecule has 8 heteroatoms. The number of methoxy groups -OCH3 is 1. The third kappa shape index (κ3) is 2.99. The normalized spacial score (nSPS) is 22.4. The molecule has 1 N–H and O–H groups in total. The number of nitrogens with zero attached hydrogens (tertiary/aromatic N) is 2. The van der Waals surface area contributed by atoms with E-state index < -0.39 is 16.2 Å². The van der Waals surface area contributed by atoms with Crippen molar-refractivity contribution in [2.45, 2.75) is 19.5 Å². The van der Waals surface area contributed by atoms with Crippen molar-refractivity contribution in [1.29, 1.82) is 0 Å². The zero-order valence-corrected chi connectivity index (χ0v) is 13.8. The van der Waals surface area contributed by atoms with Crippen LogP contribution in [-0.4, -0.2) is 54.9 Å². The highest BCUT2D eigenvalue weighted by molar-refractivity contribution is 7.86. The van der Waals surface area contributed by atoms with Crippen molar-refractivity contribution in [2.75, 3.05) is 26.8 Å². The lowest BCUT2D eigenvalue weighted by Gasteiger charge is -2.23. The molecule has 2 heterocycles. The maximum Gasteiger partial charge on any atom is 0.336 e. The van der Waals surface area contributed by atoms with Crippen LogP contribution in [0.1, 0.15) is 27.9 Å². The predicted octanol–water partition coefficient (Wildman–Crippen LogP) is 0.913. The van der Waals surface area contributed by atoms with Crippen molar-refractivity contribution in [3.05, 3.63) is 34.9 Å². The molecule has 0 bridgehead atoms. The Hall–Kier alpha value is -1.48. The number of rotatable bonds is 5. The molecule has 23 heavy (non-hydrogen) atoms. The van der Waals surface area contributed by atoms with E-state index in [1.54, 1.807) is 19.2 Å². The van der Waals surface area contributed by atoms with Crippen molar-refractivity contribution in [1.82, 2.24) is 8.61 Å². The van der Waals surface area contributed by atoms with E-state index in [1.165, 1.54) is 14.7 Å². The van der Waals surface area contributed by atoms with Gasteiger partial charge in [-0.25, -0.2) is 4.79 Å². The molecule has 0 amide bonds. The second-order valence-electron chi connectivity index (χ2n) is 5.99. The highest BCUT2D eigenvalue weighted by Crippen LogP contribution is 2.31. The van der Waals surface area contributed by atoms with Crippen LogP contribution >= 0.6 is 0 Å². The minimum absolute atomic E-state index is 0.117. The number of carboxylic acids is 1. The SMILES string of the molecule is COCC1CCN(S(=O)(=O)N2Cc3cccc(C(=O)O)c3C2)C1. The third-order valence-corrected chi connectivity index (χ3v) is 6.38. The number of ether oxygens (including phenoxy) is 1. The number of benzene rings is 1. The van der Waals surface area contributed by atoms with Gasteiger partial charge in [-0.2, -0.15) is 17.0 Å². The summed E-state index contributed by atoms with van der Waals surface area (Å²) in [6.07, 6.45) is 0.786. The van der Waals surface area contributed by atoms with E-state index in [-0.39, 0.29) is 24.6 Å². The maximum atomic E-state index is 12.8. The van der Waals surface area contributed by atoms with Crippen molar-refractivity contribution in [3.63, 3.8) is 0 Å². The Morgan fingerprint density at radius 2 is 2.13 bits per heavy atom. The molecule has 0 spiro atoms. The molecule has 2 aliphatic heterocycles. The first-order valence-electron chi connectivity index (χ1n) is 7.51. The molecule has 2 aliphatic rings. The number of hydrogen-bond acceptors (Lipinski definition) is 4. The van der Waals surface area contributed by atoms with Gasteiger partial charge in [0.2, 0.25) is 0 Å². The summed E-state index contributed by atoms with van der Waals surface area (Å²) in [4.78, 5) is 11.3. The van der Waals surface area contributed by atoms with Crippen LogP contribution in [0.3, 0.4) is 0 Å². The standard InChI is InChI=1S/C15H20N2O5S/c1-22-10-11-5-6-16(7-11)23(20,21)17-8-12-3-2-4-13(15(18)19)14(12)9-17/h2-4,11H,5-10H2,1H3,(H,18,19). The zero-order valence-electron chi connectivity index (χ0n) is 12.9. The molecule has 1 aromatic carbocycles. The summed E-state index contributed by atoms with van der Waals surface area (Å²) in [6, 6.07) is 4.96. The Morgan fingerprint density at radius 3 is 2.83 bits per heavy atom. The van der Waals surface area contributed by atoms with Gasteiger partial charge in [-0.15, -0.1) is 0 Å². The van der Waals surface area contributed by atoms with E-state index in [9.17, 15) is 18.3 Å². The van der Waals surface area contributed by atoms with Gasteiger partial charge in [0.05, 0.1) is 12.2 Å². The van der Waals surface area contributed by atoms with Gasteiger partial charge in [-0.1, -0.05) is 12.1 Å². The molecule has 0 aromatic heterocycles. The molecular weight excluding hydrogens is 320 g/mol. The number of fused-ring (bicyclic) bond motifs is 1. The minimum atomic E-state index is -3.58. The van der Waals surface area contributed by atoms with Crippen LogP contribution in [0.4, 0.5) is 0 Å². The van der Waals surface area contributed by atoms with Gasteiger partial charge in [0.1, 0.15) is 0 Å². The smallest absolute Gasteiger partial charge is 0.336 e.